The SMILES string of the molecule is O=C(Nc1cccc(C(F)(F)F)c1)Nc1nc(-c2ccc3c(c2)CCCC3)cs1. The fraction of sp³-hybridized carbons (Fsp3) is 0.238. The number of aromatic nitrogens is 1. The van der Waals surface area contributed by atoms with Crippen molar-refractivity contribution < 1.29 is 18.0 Å². The van der Waals surface area contributed by atoms with Crippen molar-refractivity contribution in [1.29, 1.82) is 0 Å². The largest absolute Gasteiger partial charge is 0.416 e. The molecule has 0 unspecified atom stereocenters. The molecule has 2 N–H and O–H groups in total. The first kappa shape index (κ1) is 19.4. The molecule has 4 rings (SSSR count). The Morgan fingerprint density at radius 2 is 1.79 bits per heavy atom. The maximum absolute atomic E-state index is 12.8. The van der Waals surface area contributed by atoms with Gasteiger partial charge in [0, 0.05) is 16.6 Å². The highest BCUT2D eigenvalue weighted by Gasteiger charge is 2.30. The van der Waals surface area contributed by atoms with Crippen molar-refractivity contribution in [2.45, 2.75) is 31.9 Å². The van der Waals surface area contributed by atoms with E-state index in [-0.39, 0.29) is 5.69 Å². The lowest BCUT2D eigenvalue weighted by atomic mass is 9.90. The van der Waals surface area contributed by atoms with Crippen LogP contribution in [0.4, 0.5) is 28.8 Å². The molecule has 0 spiro atoms. The molecule has 150 valence electrons. The van der Waals surface area contributed by atoms with Crippen LogP contribution >= 0.6 is 11.3 Å². The third-order valence-corrected chi connectivity index (χ3v) is 5.57. The Balaban J connectivity index is 1.43. The monoisotopic (exact) mass is 417 g/mol. The summed E-state index contributed by atoms with van der Waals surface area (Å²) in [7, 11) is 0. The molecule has 4 nitrogen and oxygen atoms in total. The highest BCUT2D eigenvalue weighted by molar-refractivity contribution is 7.14. The maximum Gasteiger partial charge on any atom is 0.416 e. The zero-order valence-corrected chi connectivity index (χ0v) is 16.2. The summed E-state index contributed by atoms with van der Waals surface area (Å²) in [5.41, 5.74) is 3.72. The number of hydrogen-bond acceptors (Lipinski definition) is 3. The molecule has 0 saturated heterocycles. The summed E-state index contributed by atoms with van der Waals surface area (Å²) in [6.45, 7) is 0. The van der Waals surface area contributed by atoms with Crippen LogP contribution in [0.2, 0.25) is 0 Å². The zero-order chi connectivity index (χ0) is 20.4. The van der Waals surface area contributed by atoms with Gasteiger partial charge in [-0.1, -0.05) is 18.2 Å². The number of benzene rings is 2. The molecule has 0 atom stereocenters. The van der Waals surface area contributed by atoms with Crippen molar-refractivity contribution in [3.8, 4) is 11.3 Å². The molecule has 1 heterocycles. The molecule has 0 fully saturated rings. The summed E-state index contributed by atoms with van der Waals surface area (Å²) in [4.78, 5) is 16.6. The van der Waals surface area contributed by atoms with Crippen LogP contribution in [0.25, 0.3) is 11.3 Å². The number of nitrogens with zero attached hydrogens (tertiary/aromatic N) is 1. The van der Waals surface area contributed by atoms with E-state index in [1.165, 1.54) is 47.4 Å². The first-order valence-corrected chi connectivity index (χ1v) is 10.1. The standard InChI is InChI=1S/C21H18F3N3OS/c22-21(23,24)16-6-3-7-17(11-16)25-19(28)27-20-26-18(12-29-20)15-9-8-13-4-1-2-5-14(13)10-15/h3,6-12H,1-2,4-5H2,(H2,25,26,27,28). The van der Waals surface area contributed by atoms with Gasteiger partial charge in [0.05, 0.1) is 11.3 Å². The second-order valence-electron chi connectivity index (χ2n) is 6.89. The third kappa shape index (κ3) is 4.59. The van der Waals surface area contributed by atoms with Gasteiger partial charge in [-0.05, 0) is 61.1 Å². The van der Waals surface area contributed by atoms with E-state index in [4.69, 9.17) is 0 Å². The Morgan fingerprint density at radius 1 is 1.00 bits per heavy atom. The number of carbonyl (C=O) groups is 1. The number of thiazole rings is 1. The number of hydrogen-bond donors (Lipinski definition) is 2. The molecule has 2 aromatic carbocycles. The minimum Gasteiger partial charge on any atom is -0.308 e. The van der Waals surface area contributed by atoms with Crippen molar-refractivity contribution in [3.05, 3.63) is 64.5 Å². The molecular formula is C21H18F3N3OS. The van der Waals surface area contributed by atoms with Crippen LogP contribution in [0.15, 0.2) is 47.8 Å². The predicted octanol–water partition coefficient (Wildman–Crippen LogP) is 6.35. The van der Waals surface area contributed by atoms with E-state index < -0.39 is 17.8 Å². The Kier molecular flexibility index (Phi) is 5.27. The van der Waals surface area contributed by atoms with E-state index in [2.05, 4.69) is 27.8 Å². The second-order valence-corrected chi connectivity index (χ2v) is 7.74. The number of carbonyl (C=O) groups excluding carboxylic acids is 1. The van der Waals surface area contributed by atoms with Crippen LogP contribution in [0.1, 0.15) is 29.5 Å². The van der Waals surface area contributed by atoms with Crippen molar-refractivity contribution in [2.75, 3.05) is 10.6 Å². The molecule has 1 aliphatic rings. The van der Waals surface area contributed by atoms with Crippen molar-refractivity contribution in [3.63, 3.8) is 0 Å². The van der Waals surface area contributed by atoms with Crippen LogP contribution < -0.4 is 10.6 Å². The van der Waals surface area contributed by atoms with Crippen molar-refractivity contribution in [2.24, 2.45) is 0 Å². The predicted molar refractivity (Wildman–Crippen MR) is 108 cm³/mol. The normalized spacial score (nSPS) is 13.6. The zero-order valence-electron chi connectivity index (χ0n) is 15.3. The Labute approximate surface area is 169 Å². The number of alkyl halides is 3. The fourth-order valence-electron chi connectivity index (χ4n) is 3.39. The fourth-order valence-corrected chi connectivity index (χ4v) is 4.10. The summed E-state index contributed by atoms with van der Waals surface area (Å²) < 4.78 is 38.4. The smallest absolute Gasteiger partial charge is 0.308 e. The van der Waals surface area contributed by atoms with Gasteiger partial charge in [0.1, 0.15) is 0 Å². The van der Waals surface area contributed by atoms with E-state index >= 15 is 0 Å². The lowest BCUT2D eigenvalue weighted by molar-refractivity contribution is -0.137. The number of aryl methyl sites for hydroxylation is 2. The minimum absolute atomic E-state index is 0.0591. The molecule has 1 aliphatic carbocycles. The molecule has 0 aliphatic heterocycles. The molecule has 8 heteroatoms. The van der Waals surface area contributed by atoms with Gasteiger partial charge < -0.3 is 5.32 Å². The summed E-state index contributed by atoms with van der Waals surface area (Å²) in [5.74, 6) is 0. The van der Waals surface area contributed by atoms with Gasteiger partial charge in [0.15, 0.2) is 5.13 Å². The topological polar surface area (TPSA) is 54.0 Å². The van der Waals surface area contributed by atoms with Crippen LogP contribution in [0.5, 0.6) is 0 Å². The van der Waals surface area contributed by atoms with Gasteiger partial charge in [0.25, 0.3) is 0 Å². The van der Waals surface area contributed by atoms with Crippen LogP contribution in [-0.2, 0) is 19.0 Å². The Morgan fingerprint density at radius 3 is 2.59 bits per heavy atom. The molecule has 3 aromatic rings. The maximum atomic E-state index is 12.8. The summed E-state index contributed by atoms with van der Waals surface area (Å²) in [6, 6.07) is 10.2. The van der Waals surface area contributed by atoms with Gasteiger partial charge in [-0.2, -0.15) is 13.2 Å². The van der Waals surface area contributed by atoms with E-state index in [9.17, 15) is 18.0 Å². The number of halogens is 3. The van der Waals surface area contributed by atoms with E-state index in [1.54, 1.807) is 0 Å². The van der Waals surface area contributed by atoms with E-state index in [0.717, 1.165) is 36.2 Å². The van der Waals surface area contributed by atoms with Gasteiger partial charge in [-0.25, -0.2) is 9.78 Å². The lowest BCUT2D eigenvalue weighted by Gasteiger charge is -2.16. The quantitative estimate of drug-likeness (QED) is 0.522. The molecule has 2 amide bonds. The number of fused-ring (bicyclic) bond motifs is 1. The first-order valence-electron chi connectivity index (χ1n) is 9.21. The number of amides is 2. The molecule has 1 aromatic heterocycles. The van der Waals surface area contributed by atoms with Crippen LogP contribution in [0, 0.1) is 0 Å². The lowest BCUT2D eigenvalue weighted by Crippen LogP contribution is -2.19. The average molecular weight is 417 g/mol. The van der Waals surface area contributed by atoms with E-state index in [0.29, 0.717) is 5.13 Å². The Hall–Kier alpha value is -2.87. The second kappa shape index (κ2) is 7.87. The van der Waals surface area contributed by atoms with Crippen molar-refractivity contribution in [1.82, 2.24) is 4.98 Å². The molecular weight excluding hydrogens is 399 g/mol. The van der Waals surface area contributed by atoms with Gasteiger partial charge in [-0.3, -0.25) is 5.32 Å². The third-order valence-electron chi connectivity index (χ3n) is 4.82. The first-order chi connectivity index (χ1) is 13.9. The van der Waals surface area contributed by atoms with E-state index in [1.807, 2.05) is 11.4 Å². The number of nitrogens with one attached hydrogen (secondary N) is 2. The van der Waals surface area contributed by atoms with Gasteiger partial charge >= 0.3 is 12.2 Å². The number of urea groups is 1. The highest BCUT2D eigenvalue weighted by Crippen LogP contribution is 2.31. The number of anilines is 2. The summed E-state index contributed by atoms with van der Waals surface area (Å²) in [6.07, 6.45) is 0.119. The molecule has 0 bridgehead atoms. The molecule has 0 radical (unpaired) electrons. The van der Waals surface area contributed by atoms with Crippen LogP contribution in [0.3, 0.4) is 0 Å². The number of rotatable bonds is 3. The minimum atomic E-state index is -4.47. The molecule has 0 saturated carbocycles. The van der Waals surface area contributed by atoms with Gasteiger partial charge in [0.2, 0.25) is 0 Å². The van der Waals surface area contributed by atoms with Crippen LogP contribution in [-0.4, -0.2) is 11.0 Å². The Bertz CT molecular complexity index is 1050. The summed E-state index contributed by atoms with van der Waals surface area (Å²) in [5, 5.41) is 7.22. The highest BCUT2D eigenvalue weighted by atomic mass is 32.1. The van der Waals surface area contributed by atoms with Gasteiger partial charge in [-0.15, -0.1) is 11.3 Å². The molecule has 29 heavy (non-hydrogen) atoms. The summed E-state index contributed by atoms with van der Waals surface area (Å²) >= 11 is 1.27. The average Bonchev–Trinajstić information content (AvgIpc) is 3.15. The van der Waals surface area contributed by atoms with Crippen molar-refractivity contribution >= 4 is 28.2 Å².